The van der Waals surface area contributed by atoms with E-state index in [1.165, 1.54) is 0 Å². The number of carbonyl (C=O) groups is 2. The number of para-hydroxylation sites is 1. The number of anilines is 1. The molecule has 2 aromatic carbocycles. The van der Waals surface area contributed by atoms with Gasteiger partial charge in [0.05, 0.1) is 16.9 Å². The maximum atomic E-state index is 12.4. The van der Waals surface area contributed by atoms with Crippen molar-refractivity contribution in [3.63, 3.8) is 0 Å². The summed E-state index contributed by atoms with van der Waals surface area (Å²) >= 11 is 6.30. The standard InChI is InChI=1S/C20H17ClN4O3/c21-16-3-1-2-4-17(16)25-20-15(10-23-25)14(9-19(27)24-20)12-5-7-13(8-6-12)28-11-18(22)26/h1-8,10,14H,9,11H2,(H2,22,26)(H,24,27). The van der Waals surface area contributed by atoms with E-state index in [0.29, 0.717) is 28.7 Å². The van der Waals surface area contributed by atoms with E-state index in [1.54, 1.807) is 29.1 Å². The molecule has 0 spiro atoms. The van der Waals surface area contributed by atoms with Crippen molar-refractivity contribution in [1.29, 1.82) is 0 Å². The van der Waals surface area contributed by atoms with Gasteiger partial charge >= 0.3 is 0 Å². The first-order valence-corrected chi connectivity index (χ1v) is 9.04. The number of carbonyl (C=O) groups excluding carboxylic acids is 2. The number of hydrogen-bond donors (Lipinski definition) is 2. The van der Waals surface area contributed by atoms with Crippen molar-refractivity contribution in [3.05, 3.63) is 70.9 Å². The molecule has 4 rings (SSSR count). The van der Waals surface area contributed by atoms with Gasteiger partial charge in [0.25, 0.3) is 5.91 Å². The molecule has 0 saturated heterocycles. The number of rotatable bonds is 5. The fourth-order valence-corrected chi connectivity index (χ4v) is 3.49. The lowest BCUT2D eigenvalue weighted by Gasteiger charge is -2.24. The molecule has 0 aliphatic carbocycles. The summed E-state index contributed by atoms with van der Waals surface area (Å²) in [4.78, 5) is 23.2. The number of fused-ring (bicyclic) bond motifs is 1. The van der Waals surface area contributed by atoms with Gasteiger partial charge < -0.3 is 15.8 Å². The van der Waals surface area contributed by atoms with Crippen molar-refractivity contribution in [2.45, 2.75) is 12.3 Å². The van der Waals surface area contributed by atoms with Crippen LogP contribution in [0, 0.1) is 0 Å². The molecule has 0 bridgehead atoms. The van der Waals surface area contributed by atoms with Crippen LogP contribution in [0.1, 0.15) is 23.5 Å². The Kier molecular flexibility index (Phi) is 4.75. The largest absolute Gasteiger partial charge is 0.484 e. The van der Waals surface area contributed by atoms with Gasteiger partial charge in [-0.25, -0.2) is 4.68 Å². The number of benzene rings is 2. The molecule has 0 saturated carbocycles. The highest BCUT2D eigenvalue weighted by atomic mass is 35.5. The van der Waals surface area contributed by atoms with Gasteiger partial charge in [-0.05, 0) is 29.8 Å². The van der Waals surface area contributed by atoms with E-state index >= 15 is 0 Å². The van der Waals surface area contributed by atoms with Gasteiger partial charge in [-0.15, -0.1) is 0 Å². The van der Waals surface area contributed by atoms with Gasteiger partial charge in [0.2, 0.25) is 5.91 Å². The monoisotopic (exact) mass is 396 g/mol. The first-order chi connectivity index (χ1) is 13.5. The fourth-order valence-electron chi connectivity index (χ4n) is 3.27. The quantitative estimate of drug-likeness (QED) is 0.692. The van der Waals surface area contributed by atoms with Crippen LogP contribution in [-0.2, 0) is 9.59 Å². The van der Waals surface area contributed by atoms with Crippen molar-refractivity contribution in [2.75, 3.05) is 11.9 Å². The lowest BCUT2D eigenvalue weighted by Crippen LogP contribution is -2.24. The predicted octanol–water partition coefficient (Wildman–Crippen LogP) is 2.86. The molecule has 1 aromatic heterocycles. The van der Waals surface area contributed by atoms with E-state index in [2.05, 4.69) is 10.4 Å². The second-order valence-corrected chi connectivity index (χ2v) is 6.85. The molecule has 0 fully saturated rings. The van der Waals surface area contributed by atoms with Gasteiger partial charge in [-0.1, -0.05) is 35.9 Å². The number of amides is 2. The van der Waals surface area contributed by atoms with E-state index in [-0.39, 0.29) is 18.4 Å². The number of halogens is 1. The average Bonchev–Trinajstić information content (AvgIpc) is 3.10. The molecule has 3 N–H and O–H groups in total. The zero-order valence-electron chi connectivity index (χ0n) is 14.8. The second-order valence-electron chi connectivity index (χ2n) is 6.44. The molecule has 7 nitrogen and oxygen atoms in total. The lowest BCUT2D eigenvalue weighted by molar-refractivity contribution is -0.120. The van der Waals surface area contributed by atoms with Gasteiger partial charge in [-0.3, -0.25) is 9.59 Å². The molecule has 1 aliphatic heterocycles. The van der Waals surface area contributed by atoms with Gasteiger partial charge in [0, 0.05) is 17.9 Å². The van der Waals surface area contributed by atoms with Gasteiger partial charge in [0.15, 0.2) is 6.61 Å². The first kappa shape index (κ1) is 18.1. The molecule has 2 amide bonds. The Balaban J connectivity index is 1.67. The first-order valence-electron chi connectivity index (χ1n) is 8.66. The Hall–Kier alpha value is -3.32. The minimum Gasteiger partial charge on any atom is -0.484 e. The number of primary amides is 1. The number of nitrogens with one attached hydrogen (secondary N) is 1. The van der Waals surface area contributed by atoms with Gasteiger partial charge in [-0.2, -0.15) is 5.10 Å². The molecule has 3 aromatic rings. The fraction of sp³-hybridized carbons (Fsp3) is 0.150. The summed E-state index contributed by atoms with van der Waals surface area (Å²) in [5.74, 6) is 0.369. The number of aromatic nitrogens is 2. The summed E-state index contributed by atoms with van der Waals surface area (Å²) in [5, 5.41) is 7.89. The molecule has 142 valence electrons. The summed E-state index contributed by atoms with van der Waals surface area (Å²) in [6.45, 7) is -0.181. The Labute approximate surface area is 166 Å². The highest BCUT2D eigenvalue weighted by molar-refractivity contribution is 6.32. The normalized spacial score (nSPS) is 15.6. The topological polar surface area (TPSA) is 99.2 Å². The summed E-state index contributed by atoms with van der Waals surface area (Å²) in [5.41, 5.74) is 7.64. The molecule has 1 atom stereocenters. The highest BCUT2D eigenvalue weighted by Gasteiger charge is 2.30. The van der Waals surface area contributed by atoms with Crippen LogP contribution in [0.4, 0.5) is 5.82 Å². The van der Waals surface area contributed by atoms with Crippen LogP contribution in [0.3, 0.4) is 0 Å². The van der Waals surface area contributed by atoms with Crippen LogP contribution in [0.25, 0.3) is 5.69 Å². The zero-order chi connectivity index (χ0) is 19.7. The third-order valence-electron chi connectivity index (χ3n) is 4.56. The van der Waals surface area contributed by atoms with Crippen molar-refractivity contribution in [1.82, 2.24) is 9.78 Å². The Morgan fingerprint density at radius 2 is 2.00 bits per heavy atom. The maximum absolute atomic E-state index is 12.4. The van der Waals surface area contributed by atoms with Crippen LogP contribution in [0.2, 0.25) is 5.02 Å². The summed E-state index contributed by atoms with van der Waals surface area (Å²) in [6, 6.07) is 14.6. The second kappa shape index (κ2) is 7.36. The molecule has 2 heterocycles. The predicted molar refractivity (Wildman–Crippen MR) is 105 cm³/mol. The van der Waals surface area contributed by atoms with E-state index < -0.39 is 5.91 Å². The minimum absolute atomic E-state index is 0.0969. The zero-order valence-corrected chi connectivity index (χ0v) is 15.5. The molecule has 1 unspecified atom stereocenters. The van der Waals surface area contributed by atoms with E-state index in [9.17, 15) is 9.59 Å². The Morgan fingerprint density at radius 3 is 2.71 bits per heavy atom. The summed E-state index contributed by atoms with van der Waals surface area (Å²) < 4.78 is 6.94. The van der Waals surface area contributed by atoms with E-state index in [1.807, 2.05) is 30.3 Å². The average molecular weight is 397 g/mol. The Morgan fingerprint density at radius 1 is 1.25 bits per heavy atom. The molecule has 8 heteroatoms. The number of hydrogen-bond acceptors (Lipinski definition) is 4. The van der Waals surface area contributed by atoms with Crippen LogP contribution < -0.4 is 15.8 Å². The third-order valence-corrected chi connectivity index (χ3v) is 4.88. The van der Waals surface area contributed by atoms with Crippen molar-refractivity contribution < 1.29 is 14.3 Å². The SMILES string of the molecule is NC(=O)COc1ccc(C2CC(=O)Nc3c2cnn3-c2ccccc2Cl)cc1. The van der Waals surface area contributed by atoms with Crippen LogP contribution in [0.5, 0.6) is 5.75 Å². The van der Waals surface area contributed by atoms with Crippen LogP contribution in [-0.4, -0.2) is 28.2 Å². The maximum Gasteiger partial charge on any atom is 0.255 e. The summed E-state index contributed by atoms with van der Waals surface area (Å²) in [6.07, 6.45) is 2.06. The van der Waals surface area contributed by atoms with Crippen molar-refractivity contribution in [3.8, 4) is 11.4 Å². The molecule has 0 radical (unpaired) electrons. The molecular formula is C20H17ClN4O3. The Bertz CT molecular complexity index is 1050. The number of nitrogens with zero attached hydrogens (tertiary/aromatic N) is 2. The lowest BCUT2D eigenvalue weighted by atomic mass is 9.87. The van der Waals surface area contributed by atoms with E-state index in [4.69, 9.17) is 22.1 Å². The summed E-state index contributed by atoms with van der Waals surface area (Å²) in [7, 11) is 0. The third kappa shape index (κ3) is 3.44. The molecular weight excluding hydrogens is 380 g/mol. The van der Waals surface area contributed by atoms with Crippen LogP contribution >= 0.6 is 11.6 Å². The number of ether oxygens (including phenoxy) is 1. The minimum atomic E-state index is -0.537. The number of nitrogens with two attached hydrogens (primary N) is 1. The van der Waals surface area contributed by atoms with Crippen LogP contribution in [0.15, 0.2) is 54.7 Å². The van der Waals surface area contributed by atoms with Gasteiger partial charge in [0.1, 0.15) is 11.6 Å². The molecule has 1 aliphatic rings. The highest BCUT2D eigenvalue weighted by Crippen LogP contribution is 2.39. The smallest absolute Gasteiger partial charge is 0.255 e. The van der Waals surface area contributed by atoms with Crippen molar-refractivity contribution in [2.24, 2.45) is 5.73 Å². The molecule has 28 heavy (non-hydrogen) atoms. The van der Waals surface area contributed by atoms with E-state index in [0.717, 1.165) is 11.1 Å². The van der Waals surface area contributed by atoms with Crippen molar-refractivity contribution >= 4 is 29.2 Å².